The first-order valence-electron chi connectivity index (χ1n) is 6.82. The first kappa shape index (κ1) is 15.2. The van der Waals surface area contributed by atoms with Gasteiger partial charge in [0.2, 0.25) is 11.8 Å². The van der Waals surface area contributed by atoms with Crippen LogP contribution >= 0.6 is 0 Å². The molecular formula is C14H20N4O3. The van der Waals surface area contributed by atoms with Crippen molar-refractivity contribution in [1.82, 2.24) is 20.2 Å². The predicted octanol–water partition coefficient (Wildman–Crippen LogP) is 0.0324. The number of ether oxygens (including phenoxy) is 1. The second-order valence-electron chi connectivity index (χ2n) is 5.00. The maximum Gasteiger partial charge on any atom is 0.246 e. The molecule has 0 radical (unpaired) electrons. The van der Waals surface area contributed by atoms with Crippen LogP contribution in [-0.4, -0.2) is 60.0 Å². The van der Waals surface area contributed by atoms with Crippen LogP contribution in [0.5, 0.6) is 0 Å². The molecule has 1 fully saturated rings. The molecule has 0 unspecified atom stereocenters. The summed E-state index contributed by atoms with van der Waals surface area (Å²) in [6.45, 7) is 1.03. The van der Waals surface area contributed by atoms with Crippen LogP contribution in [0.2, 0.25) is 0 Å². The van der Waals surface area contributed by atoms with Crippen molar-refractivity contribution in [2.24, 2.45) is 5.92 Å². The molecule has 21 heavy (non-hydrogen) atoms. The van der Waals surface area contributed by atoms with Crippen LogP contribution in [0.4, 0.5) is 0 Å². The lowest BCUT2D eigenvalue weighted by molar-refractivity contribution is -0.126. The molecule has 1 aromatic rings. The van der Waals surface area contributed by atoms with Gasteiger partial charge in [-0.15, -0.1) is 0 Å². The van der Waals surface area contributed by atoms with Crippen molar-refractivity contribution in [3.63, 3.8) is 0 Å². The number of amides is 2. The third kappa shape index (κ3) is 3.91. The molecule has 2 rings (SSSR count). The second kappa shape index (κ2) is 7.03. The number of H-pyrrole nitrogens is 1. The zero-order valence-corrected chi connectivity index (χ0v) is 12.2. The fourth-order valence-electron chi connectivity index (χ4n) is 2.45. The molecule has 1 saturated heterocycles. The molecule has 0 aliphatic carbocycles. The van der Waals surface area contributed by atoms with Gasteiger partial charge in [0.05, 0.1) is 24.3 Å². The van der Waals surface area contributed by atoms with Crippen molar-refractivity contribution in [3.05, 3.63) is 24.3 Å². The highest BCUT2D eigenvalue weighted by Gasteiger charge is 2.35. The Hall–Kier alpha value is -2.15. The van der Waals surface area contributed by atoms with E-state index in [1.165, 1.54) is 6.08 Å². The van der Waals surface area contributed by atoms with Crippen LogP contribution in [0.1, 0.15) is 12.1 Å². The fourth-order valence-corrected chi connectivity index (χ4v) is 2.45. The van der Waals surface area contributed by atoms with Crippen LogP contribution in [0.15, 0.2) is 18.6 Å². The van der Waals surface area contributed by atoms with E-state index in [1.807, 2.05) is 0 Å². The number of methoxy groups -OCH3 is 1. The van der Waals surface area contributed by atoms with Gasteiger partial charge in [0.1, 0.15) is 0 Å². The van der Waals surface area contributed by atoms with Gasteiger partial charge in [0.15, 0.2) is 0 Å². The number of carbonyl (C=O) groups excluding carboxylic acids is 2. The van der Waals surface area contributed by atoms with Crippen LogP contribution < -0.4 is 5.32 Å². The molecule has 2 heterocycles. The van der Waals surface area contributed by atoms with E-state index in [-0.39, 0.29) is 23.8 Å². The minimum Gasteiger partial charge on any atom is -0.379 e. The minimum atomic E-state index is -0.105. The zero-order valence-electron chi connectivity index (χ0n) is 12.2. The predicted molar refractivity (Wildman–Crippen MR) is 77.2 cm³/mol. The normalized spacial score (nSPS) is 21.9. The molecule has 1 aliphatic rings. The van der Waals surface area contributed by atoms with Crippen molar-refractivity contribution < 1.29 is 14.3 Å². The van der Waals surface area contributed by atoms with Gasteiger partial charge in [-0.05, 0) is 6.08 Å². The summed E-state index contributed by atoms with van der Waals surface area (Å²) >= 11 is 0. The maximum absolute atomic E-state index is 12.2. The van der Waals surface area contributed by atoms with Crippen molar-refractivity contribution in [2.75, 3.05) is 27.2 Å². The Morgan fingerprint density at radius 1 is 1.57 bits per heavy atom. The number of hydrogen-bond donors (Lipinski definition) is 2. The zero-order chi connectivity index (χ0) is 15.2. The molecule has 0 spiro atoms. The highest BCUT2D eigenvalue weighted by Crippen LogP contribution is 2.23. The second-order valence-corrected chi connectivity index (χ2v) is 5.00. The van der Waals surface area contributed by atoms with E-state index in [0.717, 1.165) is 5.69 Å². The topological polar surface area (TPSA) is 87.3 Å². The lowest BCUT2D eigenvalue weighted by atomic mass is 10.0. The van der Waals surface area contributed by atoms with Crippen LogP contribution in [0.25, 0.3) is 6.08 Å². The molecule has 2 amide bonds. The van der Waals surface area contributed by atoms with Gasteiger partial charge >= 0.3 is 0 Å². The van der Waals surface area contributed by atoms with Crippen molar-refractivity contribution >= 4 is 17.9 Å². The van der Waals surface area contributed by atoms with E-state index in [9.17, 15) is 9.59 Å². The van der Waals surface area contributed by atoms with Gasteiger partial charge < -0.3 is 19.9 Å². The molecule has 1 aromatic heterocycles. The third-order valence-corrected chi connectivity index (χ3v) is 3.65. The molecule has 2 N–H and O–H groups in total. The lowest BCUT2D eigenvalue weighted by Gasteiger charge is -2.14. The third-order valence-electron chi connectivity index (χ3n) is 3.65. The summed E-state index contributed by atoms with van der Waals surface area (Å²) in [5.41, 5.74) is 0.771. The number of aromatic nitrogens is 2. The molecule has 0 saturated carbocycles. The first-order valence-corrected chi connectivity index (χ1v) is 6.82. The van der Waals surface area contributed by atoms with Gasteiger partial charge in [0.25, 0.3) is 0 Å². The molecule has 7 nitrogen and oxygen atoms in total. The molecular weight excluding hydrogens is 272 g/mol. The molecule has 114 valence electrons. The number of aromatic amines is 1. The van der Waals surface area contributed by atoms with E-state index in [1.54, 1.807) is 37.7 Å². The van der Waals surface area contributed by atoms with Gasteiger partial charge in [-0.2, -0.15) is 0 Å². The standard InChI is InChI=1S/C14H20N4O3/c1-15-13(19)5-10-7-18(8-12(10)21-2)14(20)4-3-11-6-16-9-17-11/h3-4,6,9-10,12H,5,7-8H2,1-2H3,(H,15,19)(H,16,17)/b4-3+/t10-,12-/m0/s1. The number of nitrogens with zero attached hydrogens (tertiary/aromatic N) is 2. The van der Waals surface area contributed by atoms with Crippen LogP contribution in [-0.2, 0) is 14.3 Å². The Morgan fingerprint density at radius 2 is 2.38 bits per heavy atom. The van der Waals surface area contributed by atoms with Crippen molar-refractivity contribution in [3.8, 4) is 0 Å². The monoisotopic (exact) mass is 292 g/mol. The Kier molecular flexibility index (Phi) is 5.10. The summed E-state index contributed by atoms with van der Waals surface area (Å²) < 4.78 is 5.39. The molecule has 1 aliphatic heterocycles. The van der Waals surface area contributed by atoms with E-state index < -0.39 is 0 Å². The molecule has 0 bridgehead atoms. The molecule has 7 heteroatoms. The Balaban J connectivity index is 1.95. The highest BCUT2D eigenvalue weighted by atomic mass is 16.5. The van der Waals surface area contributed by atoms with Gasteiger partial charge in [-0.25, -0.2) is 4.98 Å². The summed E-state index contributed by atoms with van der Waals surface area (Å²) in [5.74, 6) is -0.102. The average molecular weight is 292 g/mol. The maximum atomic E-state index is 12.2. The number of nitrogens with one attached hydrogen (secondary N) is 2. The van der Waals surface area contributed by atoms with E-state index in [2.05, 4.69) is 15.3 Å². The Morgan fingerprint density at radius 3 is 3.00 bits per heavy atom. The summed E-state index contributed by atoms with van der Waals surface area (Å²) in [6.07, 6.45) is 6.64. The summed E-state index contributed by atoms with van der Waals surface area (Å²) in [4.78, 5) is 32.1. The lowest BCUT2D eigenvalue weighted by Crippen LogP contribution is -2.28. The highest BCUT2D eigenvalue weighted by molar-refractivity contribution is 5.91. The summed E-state index contributed by atoms with van der Waals surface area (Å²) in [5, 5.41) is 2.60. The largest absolute Gasteiger partial charge is 0.379 e. The van der Waals surface area contributed by atoms with Crippen LogP contribution in [0, 0.1) is 5.92 Å². The summed E-state index contributed by atoms with van der Waals surface area (Å²) in [6, 6.07) is 0. The number of carbonyl (C=O) groups is 2. The van der Waals surface area contributed by atoms with Gasteiger partial charge in [0, 0.05) is 45.7 Å². The molecule has 2 atom stereocenters. The van der Waals surface area contributed by atoms with E-state index in [4.69, 9.17) is 4.74 Å². The SMILES string of the molecule is CNC(=O)C[C@H]1CN(C(=O)/C=C/c2cnc[nH]2)C[C@@H]1OC. The minimum absolute atomic E-state index is 0.0273. The average Bonchev–Trinajstić information content (AvgIpc) is 3.13. The Labute approximate surface area is 123 Å². The van der Waals surface area contributed by atoms with Crippen molar-refractivity contribution in [2.45, 2.75) is 12.5 Å². The number of imidazole rings is 1. The number of hydrogen-bond acceptors (Lipinski definition) is 4. The summed E-state index contributed by atoms with van der Waals surface area (Å²) in [7, 11) is 3.21. The van der Waals surface area contributed by atoms with E-state index in [0.29, 0.717) is 19.5 Å². The number of likely N-dealkylation sites (tertiary alicyclic amines) is 1. The van der Waals surface area contributed by atoms with Crippen molar-refractivity contribution in [1.29, 1.82) is 0 Å². The molecule has 0 aromatic carbocycles. The first-order chi connectivity index (χ1) is 10.1. The van der Waals surface area contributed by atoms with E-state index >= 15 is 0 Å². The number of rotatable bonds is 5. The Bertz CT molecular complexity index is 512. The van der Waals surface area contributed by atoms with Crippen LogP contribution in [0.3, 0.4) is 0 Å². The van der Waals surface area contributed by atoms with Gasteiger partial charge in [-0.3, -0.25) is 9.59 Å². The fraction of sp³-hybridized carbons (Fsp3) is 0.500. The smallest absolute Gasteiger partial charge is 0.246 e. The van der Waals surface area contributed by atoms with Gasteiger partial charge in [-0.1, -0.05) is 0 Å². The quantitative estimate of drug-likeness (QED) is 0.750.